The number of allylic oxidation sites excluding steroid dienone is 2. The third-order valence-corrected chi connectivity index (χ3v) is 8.67. The SMILES string of the molecule is CN(C)c1ccc(/C=C/C=C/c2ccc(P(=O)(c3ccccc3)c3ccccc3)cc2)cc1. The summed E-state index contributed by atoms with van der Waals surface area (Å²) >= 11 is 0. The molecule has 0 bridgehead atoms. The topological polar surface area (TPSA) is 20.3 Å². The van der Waals surface area contributed by atoms with Gasteiger partial charge in [-0.3, -0.25) is 0 Å². The maximum atomic E-state index is 14.4. The average Bonchev–Trinajstić information content (AvgIpc) is 2.88. The summed E-state index contributed by atoms with van der Waals surface area (Å²) in [4.78, 5) is 2.09. The molecule has 0 N–H and O–H groups in total. The second kappa shape index (κ2) is 10.3. The van der Waals surface area contributed by atoms with Crippen molar-refractivity contribution in [2.75, 3.05) is 19.0 Å². The first-order valence-electron chi connectivity index (χ1n) is 11.0. The third-order valence-electron chi connectivity index (χ3n) is 5.59. The second-order valence-electron chi connectivity index (χ2n) is 8.08. The van der Waals surface area contributed by atoms with Crippen molar-refractivity contribution < 1.29 is 4.57 Å². The number of anilines is 1. The van der Waals surface area contributed by atoms with Crippen molar-refractivity contribution >= 4 is 40.9 Å². The smallest absolute Gasteiger partial charge is 0.171 e. The number of hydrogen-bond donors (Lipinski definition) is 0. The van der Waals surface area contributed by atoms with Gasteiger partial charge in [0.1, 0.15) is 0 Å². The molecule has 3 heteroatoms. The molecule has 0 aliphatic heterocycles. The fourth-order valence-corrected chi connectivity index (χ4v) is 6.38. The summed E-state index contributed by atoms with van der Waals surface area (Å²) in [6.45, 7) is 0. The van der Waals surface area contributed by atoms with Gasteiger partial charge in [-0.25, -0.2) is 0 Å². The Balaban J connectivity index is 1.54. The lowest BCUT2D eigenvalue weighted by Gasteiger charge is -2.20. The van der Waals surface area contributed by atoms with Crippen LogP contribution in [0.3, 0.4) is 0 Å². The summed E-state index contributed by atoms with van der Waals surface area (Å²) in [5.41, 5.74) is 3.41. The monoisotopic (exact) mass is 449 g/mol. The van der Waals surface area contributed by atoms with Gasteiger partial charge in [-0.15, -0.1) is 0 Å². The number of rotatable bonds is 7. The maximum absolute atomic E-state index is 14.4. The van der Waals surface area contributed by atoms with Gasteiger partial charge < -0.3 is 9.46 Å². The highest BCUT2D eigenvalue weighted by Gasteiger charge is 2.29. The van der Waals surface area contributed by atoms with Crippen molar-refractivity contribution in [2.24, 2.45) is 0 Å². The first-order valence-corrected chi connectivity index (χ1v) is 12.7. The fraction of sp³-hybridized carbons (Fsp3) is 0.0667. The third kappa shape index (κ3) is 5.25. The standard InChI is InChI=1S/C30H28NOP/c1-31(2)27-21-17-25(18-22-27)11-9-10-12-26-19-23-30(24-20-26)33(32,28-13-5-3-6-14-28)29-15-7-4-8-16-29/h3-24H,1-2H3/b11-9+,12-10+. The molecule has 0 heterocycles. The summed E-state index contributed by atoms with van der Waals surface area (Å²) in [6.07, 6.45) is 8.22. The van der Waals surface area contributed by atoms with Gasteiger partial charge in [-0.2, -0.15) is 0 Å². The van der Waals surface area contributed by atoms with Gasteiger partial charge in [0.2, 0.25) is 0 Å². The second-order valence-corrected chi connectivity index (χ2v) is 10.8. The average molecular weight is 450 g/mol. The van der Waals surface area contributed by atoms with Crippen LogP contribution in [-0.4, -0.2) is 14.1 Å². The Morgan fingerprint density at radius 2 is 0.939 bits per heavy atom. The van der Waals surface area contributed by atoms with Crippen LogP contribution in [0.4, 0.5) is 5.69 Å². The van der Waals surface area contributed by atoms with E-state index in [1.807, 2.05) is 111 Å². The van der Waals surface area contributed by atoms with Crippen LogP contribution in [-0.2, 0) is 4.57 Å². The van der Waals surface area contributed by atoms with Crippen molar-refractivity contribution in [3.05, 3.63) is 132 Å². The highest BCUT2D eigenvalue weighted by atomic mass is 31.2. The Labute approximate surface area is 196 Å². The molecule has 0 fully saturated rings. The molecular formula is C30H28NOP. The predicted octanol–water partition coefficient (Wildman–Crippen LogP) is 6.12. The van der Waals surface area contributed by atoms with E-state index in [2.05, 4.69) is 41.3 Å². The van der Waals surface area contributed by atoms with Crippen LogP contribution in [0.5, 0.6) is 0 Å². The molecule has 4 aromatic rings. The molecule has 0 unspecified atom stereocenters. The van der Waals surface area contributed by atoms with Gasteiger partial charge in [0.15, 0.2) is 7.14 Å². The van der Waals surface area contributed by atoms with Crippen molar-refractivity contribution in [1.82, 2.24) is 0 Å². The van der Waals surface area contributed by atoms with E-state index in [9.17, 15) is 4.57 Å². The lowest BCUT2D eigenvalue weighted by atomic mass is 10.1. The van der Waals surface area contributed by atoms with E-state index < -0.39 is 7.14 Å². The summed E-state index contributed by atoms with van der Waals surface area (Å²) in [5, 5.41) is 2.54. The molecule has 0 amide bonds. The number of benzene rings is 4. The molecule has 0 atom stereocenters. The molecule has 33 heavy (non-hydrogen) atoms. The van der Waals surface area contributed by atoms with Gasteiger partial charge in [0, 0.05) is 35.7 Å². The fourth-order valence-electron chi connectivity index (χ4n) is 3.74. The van der Waals surface area contributed by atoms with Crippen LogP contribution >= 0.6 is 7.14 Å². The van der Waals surface area contributed by atoms with E-state index in [1.54, 1.807) is 0 Å². The molecule has 0 spiro atoms. The van der Waals surface area contributed by atoms with E-state index >= 15 is 0 Å². The Hall–Kier alpha value is -3.61. The lowest BCUT2D eigenvalue weighted by Crippen LogP contribution is -2.24. The van der Waals surface area contributed by atoms with E-state index in [1.165, 1.54) is 5.69 Å². The molecular weight excluding hydrogens is 421 g/mol. The van der Waals surface area contributed by atoms with Crippen molar-refractivity contribution in [3.8, 4) is 0 Å². The lowest BCUT2D eigenvalue weighted by molar-refractivity contribution is 0.592. The molecule has 0 radical (unpaired) electrons. The van der Waals surface area contributed by atoms with Crippen LogP contribution in [0.1, 0.15) is 11.1 Å². The molecule has 0 aliphatic rings. The van der Waals surface area contributed by atoms with Crippen LogP contribution in [0.15, 0.2) is 121 Å². The van der Waals surface area contributed by atoms with Gasteiger partial charge in [0.25, 0.3) is 0 Å². The maximum Gasteiger partial charge on any atom is 0.171 e. The molecule has 0 saturated heterocycles. The van der Waals surface area contributed by atoms with E-state index in [0.717, 1.165) is 27.0 Å². The van der Waals surface area contributed by atoms with E-state index in [-0.39, 0.29) is 0 Å². The minimum atomic E-state index is -2.92. The molecule has 164 valence electrons. The highest BCUT2D eigenvalue weighted by molar-refractivity contribution is 7.85. The quantitative estimate of drug-likeness (QED) is 0.250. The number of nitrogens with zero attached hydrogens (tertiary/aromatic N) is 1. The normalized spacial score (nSPS) is 11.8. The molecule has 0 saturated carbocycles. The Morgan fingerprint density at radius 3 is 1.36 bits per heavy atom. The van der Waals surface area contributed by atoms with E-state index in [0.29, 0.717) is 0 Å². The molecule has 2 nitrogen and oxygen atoms in total. The summed E-state index contributed by atoms with van der Waals surface area (Å²) in [5.74, 6) is 0. The zero-order valence-electron chi connectivity index (χ0n) is 19.0. The first kappa shape index (κ1) is 22.6. The summed E-state index contributed by atoms with van der Waals surface area (Å²) < 4.78 is 14.4. The van der Waals surface area contributed by atoms with Gasteiger partial charge in [-0.05, 0) is 23.3 Å². The van der Waals surface area contributed by atoms with Crippen LogP contribution in [0.2, 0.25) is 0 Å². The van der Waals surface area contributed by atoms with Crippen LogP contribution in [0.25, 0.3) is 12.2 Å². The van der Waals surface area contributed by atoms with E-state index in [4.69, 9.17) is 0 Å². The van der Waals surface area contributed by atoms with Crippen LogP contribution in [0, 0.1) is 0 Å². The van der Waals surface area contributed by atoms with Crippen molar-refractivity contribution in [1.29, 1.82) is 0 Å². The summed E-state index contributed by atoms with van der Waals surface area (Å²) in [7, 11) is 1.16. The summed E-state index contributed by atoms with van der Waals surface area (Å²) in [6, 6.07) is 36.0. The number of hydrogen-bond acceptors (Lipinski definition) is 2. The molecule has 4 aromatic carbocycles. The zero-order valence-corrected chi connectivity index (χ0v) is 19.9. The Morgan fingerprint density at radius 1 is 0.545 bits per heavy atom. The first-order chi connectivity index (χ1) is 16.1. The van der Waals surface area contributed by atoms with Crippen LogP contribution < -0.4 is 20.8 Å². The van der Waals surface area contributed by atoms with Gasteiger partial charge >= 0.3 is 0 Å². The Bertz CT molecular complexity index is 1230. The minimum Gasteiger partial charge on any atom is -0.378 e. The zero-order chi connectivity index (χ0) is 23.1. The van der Waals surface area contributed by atoms with Gasteiger partial charge in [0.05, 0.1) is 0 Å². The highest BCUT2D eigenvalue weighted by Crippen LogP contribution is 2.42. The van der Waals surface area contributed by atoms with Crippen molar-refractivity contribution in [3.63, 3.8) is 0 Å². The molecule has 0 aromatic heterocycles. The minimum absolute atomic E-state index is 0.841. The van der Waals surface area contributed by atoms with Crippen molar-refractivity contribution in [2.45, 2.75) is 0 Å². The Kier molecular flexibility index (Phi) is 7.07. The molecule has 0 aliphatic carbocycles. The largest absolute Gasteiger partial charge is 0.378 e. The molecule has 4 rings (SSSR count). The van der Waals surface area contributed by atoms with Gasteiger partial charge in [-0.1, -0.05) is 121 Å². The predicted molar refractivity (Wildman–Crippen MR) is 145 cm³/mol.